The average Bonchev–Trinajstić information content (AvgIpc) is 3.36. The number of aromatic nitrogens is 1. The second-order valence-corrected chi connectivity index (χ2v) is 8.07. The zero-order valence-corrected chi connectivity index (χ0v) is 15.7. The molecule has 2 amide bonds. The van der Waals surface area contributed by atoms with Crippen LogP contribution >= 0.6 is 22.7 Å². The van der Waals surface area contributed by atoms with E-state index in [-0.39, 0.29) is 24.3 Å². The molecule has 1 aliphatic rings. The smallest absolute Gasteiger partial charge is 0.232 e. The number of hydrogen-bond acceptors (Lipinski definition) is 5. The number of rotatable bonds is 4. The maximum atomic E-state index is 12.9. The largest absolute Gasteiger partial charge is 0.303 e. The molecule has 7 heteroatoms. The molecule has 0 spiro atoms. The van der Waals surface area contributed by atoms with Crippen molar-refractivity contribution in [3.63, 3.8) is 0 Å². The van der Waals surface area contributed by atoms with Crippen molar-refractivity contribution in [2.24, 2.45) is 5.92 Å². The molecule has 2 aromatic heterocycles. The molecule has 1 aromatic carbocycles. The van der Waals surface area contributed by atoms with E-state index in [1.165, 1.54) is 11.3 Å². The summed E-state index contributed by atoms with van der Waals surface area (Å²) in [4.78, 5) is 32.6. The van der Waals surface area contributed by atoms with Crippen molar-refractivity contribution in [1.29, 1.82) is 0 Å². The van der Waals surface area contributed by atoms with Crippen LogP contribution in [0.25, 0.3) is 0 Å². The summed E-state index contributed by atoms with van der Waals surface area (Å²) >= 11 is 2.94. The van der Waals surface area contributed by atoms with Crippen LogP contribution in [0.2, 0.25) is 0 Å². The lowest BCUT2D eigenvalue weighted by Crippen LogP contribution is -2.31. The predicted molar refractivity (Wildman–Crippen MR) is 105 cm³/mol. The maximum absolute atomic E-state index is 12.9. The van der Waals surface area contributed by atoms with Gasteiger partial charge in [0.05, 0.1) is 12.0 Å². The van der Waals surface area contributed by atoms with Gasteiger partial charge in [0.1, 0.15) is 0 Å². The number of anilines is 2. The molecule has 3 aromatic rings. The molecule has 0 saturated carbocycles. The summed E-state index contributed by atoms with van der Waals surface area (Å²) < 4.78 is 0. The number of carbonyl (C=O) groups excluding carboxylic acids is 2. The summed E-state index contributed by atoms with van der Waals surface area (Å²) in [6.07, 6.45) is 1.84. The molecule has 0 aliphatic carbocycles. The van der Waals surface area contributed by atoms with Gasteiger partial charge in [-0.15, -0.1) is 22.7 Å². The van der Waals surface area contributed by atoms with Gasteiger partial charge >= 0.3 is 0 Å². The van der Waals surface area contributed by atoms with Crippen molar-refractivity contribution >= 4 is 45.3 Å². The summed E-state index contributed by atoms with van der Waals surface area (Å²) in [5.74, 6) is -0.654. The van der Waals surface area contributed by atoms with Crippen LogP contribution < -0.4 is 10.2 Å². The molecule has 1 saturated heterocycles. The first-order valence-electron chi connectivity index (χ1n) is 8.26. The zero-order chi connectivity index (χ0) is 18.1. The van der Waals surface area contributed by atoms with Crippen molar-refractivity contribution in [1.82, 2.24) is 4.98 Å². The van der Waals surface area contributed by atoms with Crippen molar-refractivity contribution in [2.45, 2.75) is 19.4 Å². The van der Waals surface area contributed by atoms with Crippen LogP contribution in [0, 0.1) is 12.8 Å². The molecular formula is C19H17N3O2S2. The first-order valence-corrected chi connectivity index (χ1v) is 10.0. The highest BCUT2D eigenvalue weighted by Crippen LogP contribution is 2.43. The lowest BCUT2D eigenvalue weighted by atomic mass is 9.97. The molecule has 5 nitrogen and oxygen atoms in total. The van der Waals surface area contributed by atoms with E-state index >= 15 is 0 Å². The quantitative estimate of drug-likeness (QED) is 0.733. The van der Waals surface area contributed by atoms with Crippen LogP contribution in [0.3, 0.4) is 0 Å². The number of hydrogen-bond donors (Lipinski definition) is 1. The number of thiazole rings is 1. The monoisotopic (exact) mass is 383 g/mol. The van der Waals surface area contributed by atoms with E-state index in [9.17, 15) is 9.59 Å². The number of carbonyl (C=O) groups is 2. The highest BCUT2D eigenvalue weighted by Gasteiger charge is 2.45. The Balaban J connectivity index is 1.69. The molecule has 4 rings (SSSR count). The van der Waals surface area contributed by atoms with Crippen molar-refractivity contribution in [2.75, 3.05) is 10.2 Å². The van der Waals surface area contributed by atoms with E-state index in [4.69, 9.17) is 0 Å². The molecular weight excluding hydrogens is 366 g/mol. The SMILES string of the molecule is Cc1ccc(N2C(=O)C[C@@H](C(=O)Nc3nccs3)[C@H]2c2cccs2)cc1. The normalized spacial score (nSPS) is 19.7. The number of benzene rings is 1. The summed E-state index contributed by atoms with van der Waals surface area (Å²) in [6.45, 7) is 2.01. The number of thiophene rings is 1. The Bertz CT molecular complexity index is 905. The van der Waals surface area contributed by atoms with Crippen molar-refractivity contribution < 1.29 is 9.59 Å². The Kier molecular flexibility index (Phi) is 4.57. The second kappa shape index (κ2) is 7.01. The third-order valence-corrected chi connectivity index (χ3v) is 6.10. The number of nitrogens with one attached hydrogen (secondary N) is 1. The average molecular weight is 383 g/mol. The number of amides is 2. The minimum Gasteiger partial charge on any atom is -0.303 e. The molecule has 1 N–H and O–H groups in total. The number of aryl methyl sites for hydroxylation is 1. The van der Waals surface area contributed by atoms with E-state index in [0.29, 0.717) is 5.13 Å². The lowest BCUT2D eigenvalue weighted by molar-refractivity contribution is -0.122. The molecule has 1 fully saturated rings. The van der Waals surface area contributed by atoms with Crippen molar-refractivity contribution in [3.05, 3.63) is 63.8 Å². The summed E-state index contributed by atoms with van der Waals surface area (Å²) in [5.41, 5.74) is 1.95. The Hall–Kier alpha value is -2.51. The first kappa shape index (κ1) is 16.9. The Morgan fingerprint density at radius 1 is 1.19 bits per heavy atom. The van der Waals surface area contributed by atoms with E-state index in [0.717, 1.165) is 16.1 Å². The second-order valence-electron chi connectivity index (χ2n) is 6.20. The van der Waals surface area contributed by atoms with Crippen LogP contribution in [0.5, 0.6) is 0 Å². The topological polar surface area (TPSA) is 62.3 Å². The van der Waals surface area contributed by atoms with Crippen LogP contribution in [0.4, 0.5) is 10.8 Å². The molecule has 1 aliphatic heterocycles. The molecule has 0 unspecified atom stereocenters. The molecule has 132 valence electrons. The van der Waals surface area contributed by atoms with Gasteiger partial charge in [0.2, 0.25) is 11.8 Å². The Morgan fingerprint density at radius 2 is 2.00 bits per heavy atom. The fourth-order valence-electron chi connectivity index (χ4n) is 3.25. The highest BCUT2D eigenvalue weighted by atomic mass is 32.1. The van der Waals surface area contributed by atoms with Gasteiger partial charge < -0.3 is 10.2 Å². The number of nitrogens with zero attached hydrogens (tertiary/aromatic N) is 2. The summed E-state index contributed by atoms with van der Waals surface area (Å²) in [5, 5.41) is 7.19. The molecule has 0 bridgehead atoms. The minimum atomic E-state index is -0.452. The van der Waals surface area contributed by atoms with E-state index in [1.54, 1.807) is 22.4 Å². The van der Waals surface area contributed by atoms with Crippen molar-refractivity contribution in [3.8, 4) is 0 Å². The van der Waals surface area contributed by atoms with Gasteiger partial charge in [-0.2, -0.15) is 0 Å². The van der Waals surface area contributed by atoms with E-state index in [2.05, 4.69) is 10.3 Å². The molecule has 2 atom stereocenters. The fourth-order valence-corrected chi connectivity index (χ4v) is 4.66. The van der Waals surface area contributed by atoms with E-state index < -0.39 is 5.92 Å². The van der Waals surface area contributed by atoms with Gasteiger partial charge in [0.15, 0.2) is 5.13 Å². The van der Waals surface area contributed by atoms with Gasteiger partial charge in [0.25, 0.3) is 0 Å². The Morgan fingerprint density at radius 3 is 2.65 bits per heavy atom. The van der Waals surface area contributed by atoms with Crippen LogP contribution in [-0.2, 0) is 9.59 Å². The third-order valence-electron chi connectivity index (χ3n) is 4.47. The van der Waals surface area contributed by atoms with Crippen LogP contribution in [-0.4, -0.2) is 16.8 Å². The standard InChI is InChI=1S/C19H17N3O2S2/c1-12-4-6-13(7-5-12)22-16(23)11-14(17(22)15-3-2-9-25-15)18(24)21-19-20-8-10-26-19/h2-10,14,17H,11H2,1H3,(H,20,21,24)/t14-,17+/m1/s1. The summed E-state index contributed by atoms with van der Waals surface area (Å²) in [7, 11) is 0. The third kappa shape index (κ3) is 3.15. The highest BCUT2D eigenvalue weighted by molar-refractivity contribution is 7.13. The van der Waals surface area contributed by atoms with Gasteiger partial charge in [-0.3, -0.25) is 9.59 Å². The predicted octanol–water partition coefficient (Wildman–Crippen LogP) is 4.25. The van der Waals surface area contributed by atoms with Crippen LogP contribution in [0.1, 0.15) is 22.9 Å². The molecule has 0 radical (unpaired) electrons. The van der Waals surface area contributed by atoms with Gasteiger partial charge in [-0.25, -0.2) is 4.98 Å². The van der Waals surface area contributed by atoms with Crippen LogP contribution in [0.15, 0.2) is 53.4 Å². The van der Waals surface area contributed by atoms with Gasteiger partial charge in [0, 0.05) is 28.6 Å². The lowest BCUT2D eigenvalue weighted by Gasteiger charge is -2.27. The molecule has 26 heavy (non-hydrogen) atoms. The zero-order valence-electron chi connectivity index (χ0n) is 14.1. The fraction of sp³-hybridized carbons (Fsp3) is 0.211. The van der Waals surface area contributed by atoms with E-state index in [1.807, 2.05) is 54.1 Å². The first-order chi connectivity index (χ1) is 12.6. The minimum absolute atomic E-state index is 0.0356. The molecule has 3 heterocycles. The van der Waals surface area contributed by atoms with Gasteiger partial charge in [-0.1, -0.05) is 23.8 Å². The summed E-state index contributed by atoms with van der Waals surface area (Å²) in [6, 6.07) is 11.5. The maximum Gasteiger partial charge on any atom is 0.232 e. The van der Waals surface area contributed by atoms with Gasteiger partial charge in [-0.05, 0) is 30.5 Å². The Labute approximate surface area is 159 Å².